The van der Waals surface area contributed by atoms with Crippen molar-refractivity contribution in [1.29, 1.82) is 0 Å². The number of hydrogen-bond acceptors (Lipinski definition) is 3. The molecule has 0 radical (unpaired) electrons. The smallest absolute Gasteiger partial charge is 0.260 e. The second-order valence-corrected chi connectivity index (χ2v) is 9.23. The van der Waals surface area contributed by atoms with Crippen molar-refractivity contribution in [2.24, 2.45) is 0 Å². The summed E-state index contributed by atoms with van der Waals surface area (Å²) >= 11 is 0. The highest BCUT2D eigenvalue weighted by molar-refractivity contribution is 6.10. The third-order valence-electron chi connectivity index (χ3n) is 6.82. The molecule has 1 aliphatic heterocycles. The molecule has 174 valence electrons. The van der Waals surface area contributed by atoms with Crippen molar-refractivity contribution in [1.82, 2.24) is 9.80 Å². The zero-order valence-electron chi connectivity index (χ0n) is 19.6. The first kappa shape index (κ1) is 22.4. The summed E-state index contributed by atoms with van der Waals surface area (Å²) in [6.07, 6.45) is 0. The molecule has 1 heterocycles. The van der Waals surface area contributed by atoms with Crippen LogP contribution in [0.3, 0.4) is 0 Å². The number of carbonyl (C=O) groups is 1. The number of piperazine rings is 1. The lowest BCUT2D eigenvalue weighted by Crippen LogP contribution is -2.58. The molecular weight excluding hydrogens is 427 g/mol. The van der Waals surface area contributed by atoms with Crippen LogP contribution in [-0.2, 0) is 11.3 Å². The first-order valence-electron chi connectivity index (χ1n) is 11.8. The molecule has 4 aromatic rings. The standard InChI is InChI=1S/C29H29FN2O2/c1-20-17-32(21(2)16-31(20)18-22-11-13-24(30)14-12-22)29(33)19-34-28-15-23-7-3-4-8-25(23)26-9-5-6-10-27(26)28/h3-15,20-21H,16-19H2,1-2H3. The van der Waals surface area contributed by atoms with Crippen LogP contribution in [0.1, 0.15) is 19.4 Å². The van der Waals surface area contributed by atoms with Gasteiger partial charge in [-0.3, -0.25) is 9.69 Å². The molecule has 0 spiro atoms. The molecule has 0 saturated carbocycles. The van der Waals surface area contributed by atoms with E-state index in [2.05, 4.69) is 36.9 Å². The fourth-order valence-electron chi connectivity index (χ4n) is 4.95. The number of hydrogen-bond donors (Lipinski definition) is 0. The Bertz CT molecular complexity index is 1320. The van der Waals surface area contributed by atoms with Crippen molar-refractivity contribution < 1.29 is 13.9 Å². The maximum atomic E-state index is 13.2. The Balaban J connectivity index is 1.28. The maximum Gasteiger partial charge on any atom is 0.260 e. The Morgan fingerprint density at radius 2 is 1.56 bits per heavy atom. The van der Waals surface area contributed by atoms with E-state index in [0.29, 0.717) is 6.54 Å². The van der Waals surface area contributed by atoms with Gasteiger partial charge in [0.15, 0.2) is 6.61 Å². The Kier molecular flexibility index (Phi) is 6.20. The summed E-state index contributed by atoms with van der Waals surface area (Å²) in [6, 6.07) is 25.3. The van der Waals surface area contributed by atoms with E-state index in [4.69, 9.17) is 4.74 Å². The second-order valence-electron chi connectivity index (χ2n) is 9.23. The second kappa shape index (κ2) is 9.43. The number of fused-ring (bicyclic) bond motifs is 3. The molecule has 0 bridgehead atoms. The van der Waals surface area contributed by atoms with Crippen molar-refractivity contribution in [3.63, 3.8) is 0 Å². The Labute approximate surface area is 199 Å². The Hall–Kier alpha value is -3.44. The largest absolute Gasteiger partial charge is 0.483 e. The molecule has 2 unspecified atom stereocenters. The summed E-state index contributed by atoms with van der Waals surface area (Å²) in [7, 11) is 0. The minimum atomic E-state index is -0.222. The van der Waals surface area contributed by atoms with Gasteiger partial charge in [0.1, 0.15) is 11.6 Å². The molecule has 2 atom stereocenters. The van der Waals surface area contributed by atoms with Crippen LogP contribution in [0.4, 0.5) is 4.39 Å². The predicted octanol–water partition coefficient (Wildman–Crippen LogP) is 5.63. The number of carbonyl (C=O) groups excluding carboxylic acids is 1. The number of rotatable bonds is 5. The normalized spacial score (nSPS) is 19.0. The predicted molar refractivity (Wildman–Crippen MR) is 134 cm³/mol. The van der Waals surface area contributed by atoms with E-state index in [0.717, 1.165) is 40.6 Å². The molecule has 1 aliphatic rings. The van der Waals surface area contributed by atoms with Gasteiger partial charge in [-0.1, -0.05) is 60.7 Å². The highest BCUT2D eigenvalue weighted by atomic mass is 19.1. The van der Waals surface area contributed by atoms with Crippen molar-refractivity contribution in [3.8, 4) is 5.75 Å². The van der Waals surface area contributed by atoms with E-state index in [1.165, 1.54) is 17.5 Å². The van der Waals surface area contributed by atoms with Crippen molar-refractivity contribution in [3.05, 3.63) is 90.2 Å². The molecule has 1 amide bonds. The Morgan fingerprint density at radius 1 is 0.882 bits per heavy atom. The number of nitrogens with zero attached hydrogens (tertiary/aromatic N) is 2. The zero-order valence-corrected chi connectivity index (χ0v) is 19.6. The molecule has 4 nitrogen and oxygen atoms in total. The number of halogens is 1. The fourth-order valence-corrected chi connectivity index (χ4v) is 4.95. The first-order chi connectivity index (χ1) is 16.5. The van der Waals surface area contributed by atoms with E-state index in [-0.39, 0.29) is 30.4 Å². The van der Waals surface area contributed by atoms with Crippen LogP contribution in [0.5, 0.6) is 5.75 Å². The van der Waals surface area contributed by atoms with Crippen molar-refractivity contribution >= 4 is 27.5 Å². The monoisotopic (exact) mass is 456 g/mol. The maximum absolute atomic E-state index is 13.2. The van der Waals surface area contributed by atoms with Gasteiger partial charge in [0.2, 0.25) is 0 Å². The minimum absolute atomic E-state index is 0.00183. The molecule has 5 rings (SSSR count). The van der Waals surface area contributed by atoms with Gasteiger partial charge in [0.25, 0.3) is 5.91 Å². The molecule has 34 heavy (non-hydrogen) atoms. The van der Waals surface area contributed by atoms with Gasteiger partial charge in [-0.05, 0) is 53.8 Å². The summed E-state index contributed by atoms with van der Waals surface area (Å²) < 4.78 is 19.4. The molecule has 4 aromatic carbocycles. The highest BCUT2D eigenvalue weighted by Crippen LogP contribution is 2.33. The lowest BCUT2D eigenvalue weighted by Gasteiger charge is -2.44. The van der Waals surface area contributed by atoms with Crippen molar-refractivity contribution in [2.75, 3.05) is 19.7 Å². The van der Waals surface area contributed by atoms with Gasteiger partial charge in [-0.2, -0.15) is 0 Å². The van der Waals surface area contributed by atoms with Gasteiger partial charge in [-0.15, -0.1) is 0 Å². The van der Waals surface area contributed by atoms with E-state index in [1.54, 1.807) is 0 Å². The molecule has 0 N–H and O–H groups in total. The van der Waals surface area contributed by atoms with Gasteiger partial charge < -0.3 is 9.64 Å². The van der Waals surface area contributed by atoms with Crippen LogP contribution < -0.4 is 4.74 Å². The molecule has 5 heteroatoms. The summed E-state index contributed by atoms with van der Waals surface area (Å²) in [5.41, 5.74) is 1.08. The van der Waals surface area contributed by atoms with Crippen LogP contribution in [0, 0.1) is 5.82 Å². The van der Waals surface area contributed by atoms with Gasteiger partial charge in [-0.25, -0.2) is 4.39 Å². The first-order valence-corrected chi connectivity index (χ1v) is 11.8. The highest BCUT2D eigenvalue weighted by Gasteiger charge is 2.32. The quantitative estimate of drug-likeness (QED) is 0.365. The topological polar surface area (TPSA) is 32.8 Å². The minimum Gasteiger partial charge on any atom is -0.483 e. The van der Waals surface area contributed by atoms with Crippen molar-refractivity contribution in [2.45, 2.75) is 32.5 Å². The summed E-state index contributed by atoms with van der Waals surface area (Å²) in [5, 5.41) is 4.41. The average Bonchev–Trinajstić information content (AvgIpc) is 2.85. The molecule has 0 aromatic heterocycles. The molecule has 1 saturated heterocycles. The SMILES string of the molecule is CC1CN(C(=O)COc2cc3ccccc3c3ccccc23)C(C)CN1Cc1ccc(F)cc1. The molecule has 0 aliphatic carbocycles. The number of amides is 1. The van der Waals surface area contributed by atoms with Gasteiger partial charge in [0.05, 0.1) is 0 Å². The fraction of sp³-hybridized carbons (Fsp3) is 0.276. The van der Waals surface area contributed by atoms with Crippen LogP contribution >= 0.6 is 0 Å². The van der Waals surface area contributed by atoms with E-state index in [9.17, 15) is 9.18 Å². The third kappa shape index (κ3) is 4.48. The lowest BCUT2D eigenvalue weighted by molar-refractivity contribution is -0.139. The van der Waals surface area contributed by atoms with Gasteiger partial charge in [0, 0.05) is 37.1 Å². The van der Waals surface area contributed by atoms with Gasteiger partial charge >= 0.3 is 0 Å². The average molecular weight is 457 g/mol. The molecular formula is C29H29FN2O2. The lowest BCUT2D eigenvalue weighted by atomic mass is 10.0. The summed E-state index contributed by atoms with van der Waals surface area (Å²) in [5.74, 6) is 0.510. The summed E-state index contributed by atoms with van der Waals surface area (Å²) in [6.45, 7) is 6.37. The van der Waals surface area contributed by atoms with E-state index < -0.39 is 0 Å². The van der Waals surface area contributed by atoms with Crippen LogP contribution in [-0.4, -0.2) is 47.5 Å². The Morgan fingerprint density at radius 3 is 2.32 bits per heavy atom. The zero-order chi connectivity index (χ0) is 23.7. The van der Waals surface area contributed by atoms with E-state index in [1.807, 2.05) is 53.4 Å². The van der Waals surface area contributed by atoms with E-state index >= 15 is 0 Å². The third-order valence-corrected chi connectivity index (χ3v) is 6.82. The number of benzene rings is 4. The summed E-state index contributed by atoms with van der Waals surface area (Å²) in [4.78, 5) is 17.4. The van der Waals surface area contributed by atoms with Crippen LogP contribution in [0.25, 0.3) is 21.5 Å². The number of ether oxygens (including phenoxy) is 1. The van der Waals surface area contributed by atoms with Crippen LogP contribution in [0.2, 0.25) is 0 Å². The molecule has 1 fully saturated rings. The van der Waals surface area contributed by atoms with Crippen LogP contribution in [0.15, 0.2) is 78.9 Å².